The molecule has 0 spiro atoms. The lowest BCUT2D eigenvalue weighted by Gasteiger charge is -2.61. The number of amides is 4. The van der Waals surface area contributed by atoms with E-state index >= 15 is 22.4 Å². The normalized spacial score (nSPS) is 32.9. The highest BCUT2D eigenvalue weighted by Crippen LogP contribution is 2.46. The zero-order valence-corrected chi connectivity index (χ0v) is 56.3. The predicted molar refractivity (Wildman–Crippen MR) is 354 cm³/mol. The molecule has 16 unspecified atom stereocenters. The molecule has 98 heavy (non-hydrogen) atoms. The van der Waals surface area contributed by atoms with Crippen molar-refractivity contribution in [1.82, 2.24) is 55.4 Å². The number of hydrogen-bond donors (Lipinski definition) is 6. The molecule has 8 fully saturated rings. The van der Waals surface area contributed by atoms with E-state index < -0.39 is 164 Å². The standard InChI is InChI=1S/C70H94F6N12O10/c1-8-55(90)83-19-21-85(38(6)29-83)66-44-26-48(73)61-58-47(72)24-41(25-52(58)97-34-53(95-32-40-13-14-40)63(92)42(15-17-77-28-36(3)4)31-87(65(44)79-61)69(93)81-66)23-37(5)59-62-43(16-18-78-59)64(98-35-54(75)76)50(89)33-96-51-12-10-11-46(71)57(51)60-49(74)27-45-67(82-70(94)88(62)68(45)80-60)86-22-20-84(30-39(86)7)56(91)9-2/h8-9,15,17,24-26,31,36-40,43,45-46,49-51,53-54,57,59-60,62-64,67-68,77-78,80,89,92H,1-2,10-14,16,18-23,27-30,32-35H2,3-7H3,(H,82,94)/b17-15-,42-31?/t37?,38-,39-,43?,45?,46?,49?,50?,51?,53?,57?,59?,60?,62?,63?,64?,67?,68?/m0/s1. The predicted octanol–water partition coefficient (Wildman–Crippen LogP) is 5.89. The first-order valence-corrected chi connectivity index (χ1v) is 34.9. The molecular weight excluding hydrogens is 1280 g/mol. The molecule has 2 saturated carbocycles. The van der Waals surface area contributed by atoms with Crippen LogP contribution >= 0.6 is 0 Å². The van der Waals surface area contributed by atoms with Crippen LogP contribution in [-0.2, 0) is 30.2 Å². The van der Waals surface area contributed by atoms with Gasteiger partial charge in [-0.25, -0.2) is 40.9 Å². The van der Waals surface area contributed by atoms with Gasteiger partial charge in [0.1, 0.15) is 66.9 Å². The molecule has 1 aromatic carbocycles. The average molecular weight is 1380 g/mol. The number of halogens is 6. The Hall–Kier alpha value is -6.66. The highest BCUT2D eigenvalue weighted by Gasteiger charge is 2.59. The summed E-state index contributed by atoms with van der Waals surface area (Å²) >= 11 is 0. The van der Waals surface area contributed by atoms with Crippen molar-refractivity contribution < 1.29 is 69.9 Å². The molecule has 2 aliphatic carbocycles. The monoisotopic (exact) mass is 1380 g/mol. The van der Waals surface area contributed by atoms with Crippen molar-refractivity contribution in [2.75, 3.05) is 83.7 Å². The van der Waals surface area contributed by atoms with E-state index in [4.69, 9.17) is 23.9 Å². The molecule has 3 aromatic rings. The molecule has 9 aliphatic rings. The van der Waals surface area contributed by atoms with Crippen LogP contribution in [0.5, 0.6) is 5.75 Å². The lowest BCUT2D eigenvalue weighted by atomic mass is 9.71. The van der Waals surface area contributed by atoms with Crippen LogP contribution < -0.4 is 36.6 Å². The van der Waals surface area contributed by atoms with Crippen LogP contribution in [0.3, 0.4) is 0 Å². The van der Waals surface area contributed by atoms with Crippen LogP contribution in [0.2, 0.25) is 0 Å². The van der Waals surface area contributed by atoms with Gasteiger partial charge in [-0.1, -0.05) is 33.9 Å². The highest BCUT2D eigenvalue weighted by molar-refractivity contribution is 5.92. The molecule has 0 radical (unpaired) electrons. The molecule has 4 amide bonds. The van der Waals surface area contributed by atoms with Crippen molar-refractivity contribution in [3.63, 3.8) is 0 Å². The fourth-order valence-electron chi connectivity index (χ4n) is 16.6. The minimum atomic E-state index is -2.97. The summed E-state index contributed by atoms with van der Waals surface area (Å²) in [5.41, 5.74) is -1.47. The number of benzene rings is 1. The minimum absolute atomic E-state index is 0.00665. The Morgan fingerprint density at radius 3 is 2.33 bits per heavy atom. The minimum Gasteiger partial charge on any atom is -0.490 e. The smallest absolute Gasteiger partial charge is 0.355 e. The van der Waals surface area contributed by atoms with Crippen LogP contribution in [0.15, 0.2) is 66.2 Å². The number of aromatic nitrogens is 3. The number of rotatable bonds is 17. The third-order valence-corrected chi connectivity index (χ3v) is 21.6. The fourth-order valence-corrected chi connectivity index (χ4v) is 16.6. The van der Waals surface area contributed by atoms with Gasteiger partial charge in [-0.05, 0) is 138 Å². The molecule has 6 saturated heterocycles. The maximum absolute atomic E-state index is 18.0. The molecule has 536 valence electrons. The lowest BCUT2D eigenvalue weighted by molar-refractivity contribution is -0.173. The summed E-state index contributed by atoms with van der Waals surface area (Å²) in [4.78, 5) is 74.1. The second-order valence-electron chi connectivity index (χ2n) is 28.8. The number of urea groups is 1. The maximum Gasteiger partial charge on any atom is 0.355 e. The first-order valence-electron chi connectivity index (χ1n) is 34.9. The second kappa shape index (κ2) is 30.3. The van der Waals surface area contributed by atoms with Gasteiger partial charge >= 0.3 is 11.7 Å². The Balaban J connectivity index is 0.958. The van der Waals surface area contributed by atoms with E-state index in [9.17, 15) is 33.4 Å². The molecule has 9 heterocycles. The molecule has 7 aliphatic heterocycles. The number of piperidine rings is 2. The van der Waals surface area contributed by atoms with Crippen LogP contribution in [-0.4, -0.2) is 233 Å². The molecule has 12 rings (SSSR count). The number of nitrogens with one attached hydrogen (secondary N) is 4. The number of hydrogen-bond acceptors (Lipinski definition) is 17. The quantitative estimate of drug-likeness (QED) is 0.0682. The fraction of sp³-hybridized carbons (Fsp3) is 0.657. The second-order valence-corrected chi connectivity index (χ2v) is 28.8. The summed E-state index contributed by atoms with van der Waals surface area (Å²) < 4.78 is 126. The third kappa shape index (κ3) is 14.8. The van der Waals surface area contributed by atoms with E-state index in [2.05, 4.69) is 39.4 Å². The molecule has 4 bridgehead atoms. The van der Waals surface area contributed by atoms with E-state index in [1.807, 2.05) is 39.5 Å². The van der Waals surface area contributed by atoms with E-state index in [1.54, 1.807) is 31.9 Å². The van der Waals surface area contributed by atoms with Gasteiger partial charge in [0.05, 0.1) is 54.7 Å². The van der Waals surface area contributed by atoms with Crippen molar-refractivity contribution in [3.8, 4) is 17.0 Å². The van der Waals surface area contributed by atoms with E-state index in [1.165, 1.54) is 30.5 Å². The number of piperazine rings is 2. The van der Waals surface area contributed by atoms with Crippen molar-refractivity contribution >= 4 is 40.9 Å². The first kappa shape index (κ1) is 71.2. The Morgan fingerprint density at radius 1 is 0.878 bits per heavy atom. The van der Waals surface area contributed by atoms with Crippen LogP contribution in [0, 0.1) is 47.1 Å². The van der Waals surface area contributed by atoms with Crippen molar-refractivity contribution in [2.24, 2.45) is 35.5 Å². The number of aliphatic hydroxyl groups excluding tert-OH is 2. The molecule has 18 atom stereocenters. The number of carbonyl (C=O) groups excluding carboxylic acids is 3. The van der Waals surface area contributed by atoms with E-state index in [0.29, 0.717) is 31.5 Å². The first-order chi connectivity index (χ1) is 47.0. The number of alkyl halides is 4. The van der Waals surface area contributed by atoms with E-state index in [-0.39, 0.29) is 129 Å². The summed E-state index contributed by atoms with van der Waals surface area (Å²) in [6.45, 7) is 17.5. The Bertz CT molecular complexity index is 3550. The number of ether oxygens (including phenoxy) is 4. The van der Waals surface area contributed by atoms with Gasteiger partial charge in [0.2, 0.25) is 11.8 Å². The summed E-state index contributed by atoms with van der Waals surface area (Å²) in [5.74, 6) is -5.63. The summed E-state index contributed by atoms with van der Waals surface area (Å²) in [6, 6.07) is -0.587. The summed E-state index contributed by atoms with van der Waals surface area (Å²) in [5, 5.41) is 38.6. The lowest BCUT2D eigenvalue weighted by Crippen LogP contribution is -2.80. The van der Waals surface area contributed by atoms with Gasteiger partial charge in [0.25, 0.3) is 6.43 Å². The van der Waals surface area contributed by atoms with E-state index in [0.717, 1.165) is 23.5 Å². The number of nitrogens with zero attached hydrogens (tertiary/aromatic N) is 8. The number of carbonyl (C=O) groups is 3. The third-order valence-electron chi connectivity index (χ3n) is 21.6. The van der Waals surface area contributed by atoms with Crippen molar-refractivity contribution in [3.05, 3.63) is 89.0 Å². The Labute approximate surface area is 567 Å². The molecular formula is C70H94F6N12O10. The average Bonchev–Trinajstić information content (AvgIpc) is 1.35. The maximum atomic E-state index is 18.0. The van der Waals surface area contributed by atoms with Gasteiger partial charge < -0.3 is 64.7 Å². The number of fused-ring (bicyclic) bond motifs is 8. The van der Waals surface area contributed by atoms with Crippen LogP contribution in [0.25, 0.3) is 28.5 Å². The van der Waals surface area contributed by atoms with Gasteiger partial charge in [0.15, 0.2) is 11.5 Å². The molecule has 22 nitrogen and oxygen atoms in total. The Morgan fingerprint density at radius 2 is 1.62 bits per heavy atom. The zero-order valence-electron chi connectivity index (χ0n) is 56.3. The molecule has 28 heteroatoms. The van der Waals surface area contributed by atoms with Crippen molar-refractivity contribution in [2.45, 2.75) is 178 Å². The topological polar surface area (TPSA) is 241 Å². The highest BCUT2D eigenvalue weighted by atomic mass is 19.3. The largest absolute Gasteiger partial charge is 0.490 e. The molecule has 2 aromatic heterocycles. The summed E-state index contributed by atoms with van der Waals surface area (Å²) in [7, 11) is 0. The zero-order chi connectivity index (χ0) is 69.5. The summed E-state index contributed by atoms with van der Waals surface area (Å²) in [6.07, 6.45) is -4.87. The van der Waals surface area contributed by atoms with Crippen molar-refractivity contribution in [1.29, 1.82) is 0 Å². The number of anilines is 1. The van der Waals surface area contributed by atoms with Gasteiger partial charge in [0, 0.05) is 99.5 Å². The Kier molecular flexibility index (Phi) is 22.0. The molecule has 6 N–H and O–H groups in total. The van der Waals surface area contributed by atoms with Crippen LogP contribution in [0.1, 0.15) is 85.1 Å². The number of aliphatic hydroxyl groups is 2. The van der Waals surface area contributed by atoms with Gasteiger partial charge in [-0.3, -0.25) is 24.4 Å². The number of pyridine rings is 1. The SMILES string of the molecule is C=CC(=O)N1CCN(c2nc(=O)n3c4nc(c(F)cc24)-c2c(F)cc(CC(C)C4NCCC5C(OCC(F)F)C(O)COC6CCCC(F)C6C6NC7C(CC6F)C(N6CCN(C(=O)C=C)C[C@@H]6C)NC(=O)N7C54)cc2OCC(OCC2CC2)C(O)C(/C=C\NCC(C)C)=C3)[C@@H](C)C1. The van der Waals surface area contributed by atoms with Gasteiger partial charge in [-0.15, -0.1) is 0 Å². The van der Waals surface area contributed by atoms with Crippen LogP contribution in [0.4, 0.5) is 37.0 Å². The van der Waals surface area contributed by atoms with Gasteiger partial charge in [-0.2, -0.15) is 4.98 Å².